The molecule has 4 fully saturated rings. The van der Waals surface area contributed by atoms with Gasteiger partial charge < -0.3 is 5.11 Å². The summed E-state index contributed by atoms with van der Waals surface area (Å²) >= 11 is 0. The van der Waals surface area contributed by atoms with Crippen LogP contribution >= 0.6 is 0 Å². The molecule has 1 nitrogen and oxygen atoms in total. The van der Waals surface area contributed by atoms with Crippen LogP contribution in [0.15, 0.2) is 0 Å². The number of rotatable bonds is 5. The second kappa shape index (κ2) is 8.14. The lowest BCUT2D eigenvalue weighted by atomic mass is 9.43. The minimum Gasteiger partial charge on any atom is -0.393 e. The third-order valence-electron chi connectivity index (χ3n) is 11.1. The highest BCUT2D eigenvalue weighted by atomic mass is 16.3. The molecule has 0 heterocycles. The first-order valence-electron chi connectivity index (χ1n) is 13.3. The smallest absolute Gasteiger partial charge is 0.0577 e. The SMILES string of the molecule is CC(C)CCCC(C)[C@H]1CCC2C3C(CC[C@@]21C)[C@@]1(C)CC[C@H](C)CC1C[C@H]3O. The summed E-state index contributed by atoms with van der Waals surface area (Å²) in [4.78, 5) is 0. The third kappa shape index (κ3) is 3.74. The maximum atomic E-state index is 11.4. The fourth-order valence-corrected chi connectivity index (χ4v) is 9.46. The van der Waals surface area contributed by atoms with Gasteiger partial charge in [0.25, 0.3) is 0 Å². The van der Waals surface area contributed by atoms with E-state index in [1.54, 1.807) is 0 Å². The highest BCUT2D eigenvalue weighted by molar-refractivity contribution is 5.11. The minimum absolute atomic E-state index is 0.0250. The van der Waals surface area contributed by atoms with E-state index in [-0.39, 0.29) is 6.10 Å². The zero-order chi connectivity index (χ0) is 21.0. The zero-order valence-electron chi connectivity index (χ0n) is 20.4. The molecule has 0 aromatic carbocycles. The Morgan fingerprint density at radius 3 is 2.28 bits per heavy atom. The summed E-state index contributed by atoms with van der Waals surface area (Å²) in [5, 5.41) is 11.4. The highest BCUT2D eigenvalue weighted by Crippen LogP contribution is 2.68. The number of fused-ring (bicyclic) bond motifs is 5. The molecule has 0 aliphatic heterocycles. The monoisotopic (exact) mass is 402 g/mol. The first kappa shape index (κ1) is 22.2. The van der Waals surface area contributed by atoms with Crippen LogP contribution in [0.1, 0.15) is 112 Å². The van der Waals surface area contributed by atoms with Crippen molar-refractivity contribution in [1.82, 2.24) is 0 Å². The van der Waals surface area contributed by atoms with Gasteiger partial charge in [-0.1, -0.05) is 67.2 Å². The van der Waals surface area contributed by atoms with Crippen LogP contribution in [-0.2, 0) is 0 Å². The summed E-state index contributed by atoms with van der Waals surface area (Å²) in [6.45, 7) is 15.0. The predicted octanol–water partition coefficient (Wildman–Crippen LogP) is 7.71. The van der Waals surface area contributed by atoms with E-state index < -0.39 is 0 Å². The summed E-state index contributed by atoms with van der Waals surface area (Å²) in [6.07, 6.45) is 15.1. The Bertz CT molecular complexity index is 569. The third-order valence-corrected chi connectivity index (χ3v) is 11.1. The molecule has 4 aliphatic carbocycles. The van der Waals surface area contributed by atoms with Gasteiger partial charge in [-0.3, -0.25) is 0 Å². The topological polar surface area (TPSA) is 20.2 Å². The molecular formula is C28H50O. The lowest BCUT2D eigenvalue weighted by molar-refractivity contribution is -0.168. The summed E-state index contributed by atoms with van der Waals surface area (Å²) in [7, 11) is 0. The molecule has 4 rings (SSSR count). The fourth-order valence-electron chi connectivity index (χ4n) is 9.46. The van der Waals surface area contributed by atoms with Crippen molar-refractivity contribution in [3.05, 3.63) is 0 Å². The van der Waals surface area contributed by atoms with Crippen molar-refractivity contribution in [3.8, 4) is 0 Å². The van der Waals surface area contributed by atoms with Crippen LogP contribution in [-0.4, -0.2) is 11.2 Å². The van der Waals surface area contributed by atoms with E-state index in [1.807, 2.05) is 0 Å². The van der Waals surface area contributed by atoms with Gasteiger partial charge >= 0.3 is 0 Å². The zero-order valence-corrected chi connectivity index (χ0v) is 20.4. The van der Waals surface area contributed by atoms with Gasteiger partial charge in [-0.25, -0.2) is 0 Å². The standard InChI is InChI=1S/C28H50O/c1-18(2)8-7-9-20(4)22-10-11-23-26-24(13-15-28(22,23)6)27(5)14-12-19(3)16-21(27)17-25(26)29/h18-26,29H,7-17H2,1-6H3/t19-,20?,21?,22+,23?,24?,25+,26?,27-,28+/m0/s1. The normalized spacial score (nSPS) is 50.7. The van der Waals surface area contributed by atoms with E-state index in [1.165, 1.54) is 64.2 Å². The van der Waals surface area contributed by atoms with E-state index in [0.29, 0.717) is 16.7 Å². The van der Waals surface area contributed by atoms with Crippen LogP contribution < -0.4 is 0 Å². The van der Waals surface area contributed by atoms with E-state index in [4.69, 9.17) is 0 Å². The average Bonchev–Trinajstić information content (AvgIpc) is 3.00. The lowest BCUT2D eigenvalue weighted by Gasteiger charge is -2.62. The van der Waals surface area contributed by atoms with Gasteiger partial charge in [0.05, 0.1) is 6.10 Å². The van der Waals surface area contributed by atoms with Gasteiger partial charge in [-0.05, 0) is 103 Å². The molecule has 0 bridgehead atoms. The van der Waals surface area contributed by atoms with E-state index >= 15 is 0 Å². The number of hydrogen-bond acceptors (Lipinski definition) is 1. The first-order chi connectivity index (χ1) is 13.7. The highest BCUT2D eigenvalue weighted by Gasteiger charge is 2.62. The molecule has 0 aromatic rings. The van der Waals surface area contributed by atoms with Gasteiger partial charge in [0.2, 0.25) is 0 Å². The molecule has 0 saturated heterocycles. The van der Waals surface area contributed by atoms with Crippen LogP contribution in [0.25, 0.3) is 0 Å². The molecule has 4 saturated carbocycles. The molecule has 0 aromatic heterocycles. The number of aliphatic hydroxyl groups is 1. The van der Waals surface area contributed by atoms with Gasteiger partial charge in [0.1, 0.15) is 0 Å². The molecule has 1 N–H and O–H groups in total. The van der Waals surface area contributed by atoms with Crippen molar-refractivity contribution in [2.24, 2.45) is 58.2 Å². The fraction of sp³-hybridized carbons (Fsp3) is 1.00. The molecule has 0 amide bonds. The van der Waals surface area contributed by atoms with Crippen molar-refractivity contribution in [3.63, 3.8) is 0 Å². The van der Waals surface area contributed by atoms with Crippen LogP contribution in [0.4, 0.5) is 0 Å². The summed E-state index contributed by atoms with van der Waals surface area (Å²) < 4.78 is 0. The first-order valence-corrected chi connectivity index (χ1v) is 13.3. The molecule has 0 radical (unpaired) electrons. The Morgan fingerprint density at radius 1 is 0.862 bits per heavy atom. The molecule has 4 aliphatic rings. The predicted molar refractivity (Wildman–Crippen MR) is 124 cm³/mol. The summed E-state index contributed by atoms with van der Waals surface area (Å²) in [6, 6.07) is 0. The van der Waals surface area contributed by atoms with Crippen molar-refractivity contribution in [2.75, 3.05) is 0 Å². The van der Waals surface area contributed by atoms with Crippen LogP contribution in [0.2, 0.25) is 0 Å². The Balaban J connectivity index is 1.50. The van der Waals surface area contributed by atoms with Crippen molar-refractivity contribution in [1.29, 1.82) is 0 Å². The maximum Gasteiger partial charge on any atom is 0.0577 e. The Hall–Kier alpha value is -0.0400. The lowest BCUT2D eigenvalue weighted by Crippen LogP contribution is -2.58. The van der Waals surface area contributed by atoms with E-state index in [9.17, 15) is 5.11 Å². The second-order valence-electron chi connectivity index (χ2n) is 13.2. The van der Waals surface area contributed by atoms with Crippen LogP contribution in [0.5, 0.6) is 0 Å². The van der Waals surface area contributed by atoms with Gasteiger partial charge in [-0.2, -0.15) is 0 Å². The second-order valence-corrected chi connectivity index (χ2v) is 13.2. The van der Waals surface area contributed by atoms with Crippen molar-refractivity contribution in [2.45, 2.75) is 118 Å². The summed E-state index contributed by atoms with van der Waals surface area (Å²) in [5.41, 5.74) is 1.00. The molecule has 0 spiro atoms. The average molecular weight is 403 g/mol. The number of aliphatic hydroxyl groups excluding tert-OH is 1. The summed E-state index contributed by atoms with van der Waals surface area (Å²) in [5.74, 6) is 6.41. The quantitative estimate of drug-likeness (QED) is 0.499. The molecule has 1 heteroatoms. The Labute approximate surface area is 181 Å². The van der Waals surface area contributed by atoms with E-state index in [2.05, 4.69) is 41.5 Å². The molecule has 29 heavy (non-hydrogen) atoms. The molecular weight excluding hydrogens is 352 g/mol. The number of hydrogen-bond donors (Lipinski definition) is 1. The van der Waals surface area contributed by atoms with Crippen LogP contribution in [0.3, 0.4) is 0 Å². The van der Waals surface area contributed by atoms with Crippen molar-refractivity contribution >= 4 is 0 Å². The van der Waals surface area contributed by atoms with Gasteiger partial charge in [0, 0.05) is 0 Å². The van der Waals surface area contributed by atoms with Crippen LogP contribution in [0, 0.1) is 58.2 Å². The molecule has 10 atom stereocenters. The van der Waals surface area contributed by atoms with Crippen molar-refractivity contribution < 1.29 is 5.11 Å². The minimum atomic E-state index is -0.0250. The Morgan fingerprint density at radius 2 is 1.55 bits per heavy atom. The molecule has 168 valence electrons. The maximum absolute atomic E-state index is 11.4. The van der Waals surface area contributed by atoms with E-state index in [0.717, 1.165) is 47.8 Å². The molecule has 5 unspecified atom stereocenters. The van der Waals surface area contributed by atoms with Gasteiger partial charge in [-0.15, -0.1) is 0 Å². The largest absolute Gasteiger partial charge is 0.393 e. The van der Waals surface area contributed by atoms with Gasteiger partial charge in [0.15, 0.2) is 0 Å². The Kier molecular flexibility index (Phi) is 6.22.